The van der Waals surface area contributed by atoms with Gasteiger partial charge in [-0.05, 0) is 48.9 Å². The molecule has 0 unspecified atom stereocenters. The van der Waals surface area contributed by atoms with Crippen LogP contribution in [0, 0.1) is 12.7 Å². The number of piperazine rings is 1. The SMILES string of the molecule is Cc1ccc(Cl)cc1N1CC[NH+](Cc2ncc(-c3ccc(F)cc3)o2)CC1. The van der Waals surface area contributed by atoms with E-state index >= 15 is 0 Å². The fraction of sp³-hybridized carbons (Fsp3) is 0.286. The third-order valence-electron chi connectivity index (χ3n) is 5.07. The first-order chi connectivity index (χ1) is 13.1. The molecular weight excluding hydrogens is 365 g/mol. The summed E-state index contributed by atoms with van der Waals surface area (Å²) in [6.07, 6.45) is 1.72. The van der Waals surface area contributed by atoms with Crippen molar-refractivity contribution in [3.05, 3.63) is 71.0 Å². The van der Waals surface area contributed by atoms with Crippen molar-refractivity contribution < 1.29 is 13.7 Å². The summed E-state index contributed by atoms with van der Waals surface area (Å²) in [6, 6.07) is 12.3. The largest absolute Gasteiger partial charge is 0.435 e. The van der Waals surface area contributed by atoms with Crippen LogP contribution in [-0.4, -0.2) is 31.2 Å². The molecule has 2 heterocycles. The summed E-state index contributed by atoms with van der Waals surface area (Å²) >= 11 is 6.16. The molecule has 2 aromatic carbocycles. The lowest BCUT2D eigenvalue weighted by molar-refractivity contribution is -0.915. The number of hydrogen-bond acceptors (Lipinski definition) is 3. The summed E-state index contributed by atoms with van der Waals surface area (Å²) in [7, 11) is 0. The first-order valence-electron chi connectivity index (χ1n) is 9.14. The van der Waals surface area contributed by atoms with Crippen LogP contribution >= 0.6 is 11.6 Å². The molecule has 0 bridgehead atoms. The van der Waals surface area contributed by atoms with Gasteiger partial charge in [0, 0.05) is 16.3 Å². The van der Waals surface area contributed by atoms with Gasteiger partial charge in [-0.2, -0.15) is 0 Å². The molecule has 0 aliphatic carbocycles. The van der Waals surface area contributed by atoms with E-state index < -0.39 is 0 Å². The maximum atomic E-state index is 13.1. The summed E-state index contributed by atoms with van der Waals surface area (Å²) in [5.41, 5.74) is 3.31. The van der Waals surface area contributed by atoms with Crippen LogP contribution in [-0.2, 0) is 6.54 Å². The van der Waals surface area contributed by atoms with E-state index in [-0.39, 0.29) is 5.82 Å². The molecule has 4 rings (SSSR count). The minimum absolute atomic E-state index is 0.254. The molecule has 0 radical (unpaired) electrons. The van der Waals surface area contributed by atoms with Crippen LogP contribution < -0.4 is 9.80 Å². The van der Waals surface area contributed by atoms with Crippen molar-refractivity contribution in [3.8, 4) is 11.3 Å². The van der Waals surface area contributed by atoms with Gasteiger partial charge in [-0.25, -0.2) is 9.37 Å². The van der Waals surface area contributed by atoms with Crippen molar-refractivity contribution >= 4 is 17.3 Å². The number of aromatic nitrogens is 1. The average Bonchev–Trinajstić information content (AvgIpc) is 3.13. The molecule has 0 spiro atoms. The highest BCUT2D eigenvalue weighted by Gasteiger charge is 2.23. The number of aryl methyl sites for hydroxylation is 1. The summed E-state index contributed by atoms with van der Waals surface area (Å²) in [4.78, 5) is 8.24. The van der Waals surface area contributed by atoms with Crippen LogP contribution in [0.2, 0.25) is 5.02 Å². The second-order valence-corrected chi connectivity index (χ2v) is 7.41. The molecule has 1 N–H and O–H groups in total. The molecule has 1 aliphatic heterocycles. The highest BCUT2D eigenvalue weighted by Crippen LogP contribution is 2.24. The van der Waals surface area contributed by atoms with Gasteiger partial charge in [0.1, 0.15) is 5.82 Å². The van der Waals surface area contributed by atoms with Gasteiger partial charge >= 0.3 is 0 Å². The summed E-state index contributed by atoms with van der Waals surface area (Å²) in [6.45, 7) is 6.85. The van der Waals surface area contributed by atoms with Crippen molar-refractivity contribution in [3.63, 3.8) is 0 Å². The maximum Gasteiger partial charge on any atom is 0.250 e. The lowest BCUT2D eigenvalue weighted by Crippen LogP contribution is -3.13. The quantitative estimate of drug-likeness (QED) is 0.746. The minimum Gasteiger partial charge on any atom is -0.435 e. The number of benzene rings is 2. The van der Waals surface area contributed by atoms with Crippen molar-refractivity contribution in [1.29, 1.82) is 0 Å². The van der Waals surface area contributed by atoms with Gasteiger partial charge in [0.25, 0.3) is 5.89 Å². The van der Waals surface area contributed by atoms with Gasteiger partial charge in [-0.15, -0.1) is 0 Å². The lowest BCUT2D eigenvalue weighted by atomic mass is 10.1. The minimum atomic E-state index is -0.254. The Hall–Kier alpha value is -2.37. The van der Waals surface area contributed by atoms with Gasteiger partial charge in [0.15, 0.2) is 12.3 Å². The summed E-state index contributed by atoms with van der Waals surface area (Å²) in [5, 5.41) is 0.776. The van der Waals surface area contributed by atoms with Crippen molar-refractivity contribution in [2.24, 2.45) is 0 Å². The smallest absolute Gasteiger partial charge is 0.250 e. The molecule has 0 saturated carbocycles. The van der Waals surface area contributed by atoms with E-state index in [1.807, 2.05) is 12.1 Å². The number of hydrogen-bond donors (Lipinski definition) is 1. The van der Waals surface area contributed by atoms with E-state index in [1.54, 1.807) is 18.3 Å². The number of quaternary nitrogens is 1. The first-order valence-corrected chi connectivity index (χ1v) is 9.51. The average molecular weight is 387 g/mol. The first kappa shape index (κ1) is 18.0. The zero-order valence-electron chi connectivity index (χ0n) is 15.2. The van der Waals surface area contributed by atoms with E-state index in [2.05, 4.69) is 22.9 Å². The molecule has 1 aromatic heterocycles. The molecule has 27 heavy (non-hydrogen) atoms. The van der Waals surface area contributed by atoms with Crippen LogP contribution in [0.1, 0.15) is 11.5 Å². The monoisotopic (exact) mass is 386 g/mol. The Morgan fingerprint density at radius 2 is 1.89 bits per heavy atom. The molecule has 3 aromatic rings. The van der Waals surface area contributed by atoms with E-state index in [0.717, 1.165) is 49.2 Å². The second kappa shape index (κ2) is 7.71. The van der Waals surface area contributed by atoms with Crippen LogP contribution in [0.3, 0.4) is 0 Å². The Morgan fingerprint density at radius 1 is 1.15 bits per heavy atom. The number of halogens is 2. The third kappa shape index (κ3) is 4.15. The van der Waals surface area contributed by atoms with Crippen LogP contribution in [0.5, 0.6) is 0 Å². The van der Waals surface area contributed by atoms with Gasteiger partial charge in [-0.1, -0.05) is 17.7 Å². The van der Waals surface area contributed by atoms with Crippen LogP contribution in [0.15, 0.2) is 53.1 Å². The van der Waals surface area contributed by atoms with Crippen molar-refractivity contribution in [2.75, 3.05) is 31.1 Å². The standard InChI is InChI=1S/C21H21ClFN3O/c1-15-2-5-17(22)12-19(15)26-10-8-25(9-11-26)14-21-24-13-20(27-21)16-3-6-18(23)7-4-16/h2-7,12-13H,8-11,14H2,1H3/p+1. The molecule has 140 valence electrons. The molecule has 1 aliphatic rings. The highest BCUT2D eigenvalue weighted by atomic mass is 35.5. The number of nitrogens with zero attached hydrogens (tertiary/aromatic N) is 2. The lowest BCUT2D eigenvalue weighted by Gasteiger charge is -2.34. The summed E-state index contributed by atoms with van der Waals surface area (Å²) < 4.78 is 18.9. The summed E-state index contributed by atoms with van der Waals surface area (Å²) in [5.74, 6) is 1.14. The Morgan fingerprint density at radius 3 is 2.63 bits per heavy atom. The zero-order valence-corrected chi connectivity index (χ0v) is 16.0. The topological polar surface area (TPSA) is 33.7 Å². The predicted molar refractivity (Wildman–Crippen MR) is 105 cm³/mol. The number of oxazole rings is 1. The number of rotatable bonds is 4. The Bertz CT molecular complexity index is 917. The molecule has 1 saturated heterocycles. The molecule has 6 heteroatoms. The Balaban J connectivity index is 1.37. The van der Waals surface area contributed by atoms with Crippen LogP contribution in [0.25, 0.3) is 11.3 Å². The molecular formula is C21H22ClFN3O+. The zero-order chi connectivity index (χ0) is 18.8. The van der Waals surface area contributed by atoms with E-state index in [9.17, 15) is 4.39 Å². The third-order valence-corrected chi connectivity index (χ3v) is 5.30. The second-order valence-electron chi connectivity index (χ2n) is 6.97. The molecule has 1 fully saturated rings. The Kier molecular flexibility index (Phi) is 5.14. The van der Waals surface area contributed by atoms with E-state index in [0.29, 0.717) is 5.76 Å². The highest BCUT2D eigenvalue weighted by molar-refractivity contribution is 6.30. The van der Waals surface area contributed by atoms with Gasteiger partial charge in [-0.3, -0.25) is 0 Å². The maximum absolute atomic E-state index is 13.1. The van der Waals surface area contributed by atoms with Gasteiger partial charge < -0.3 is 14.2 Å². The predicted octanol–water partition coefficient (Wildman–Crippen LogP) is 3.35. The van der Waals surface area contributed by atoms with E-state index in [4.69, 9.17) is 16.0 Å². The van der Waals surface area contributed by atoms with Crippen molar-refractivity contribution in [1.82, 2.24) is 4.98 Å². The molecule has 4 nitrogen and oxygen atoms in total. The van der Waals surface area contributed by atoms with Gasteiger partial charge in [0.2, 0.25) is 0 Å². The number of nitrogens with one attached hydrogen (secondary N) is 1. The fourth-order valence-electron chi connectivity index (χ4n) is 3.52. The van der Waals surface area contributed by atoms with Gasteiger partial charge in [0.05, 0.1) is 32.4 Å². The molecule has 0 amide bonds. The van der Waals surface area contributed by atoms with E-state index in [1.165, 1.54) is 28.3 Å². The number of anilines is 1. The Labute approximate surface area is 163 Å². The van der Waals surface area contributed by atoms with Crippen LogP contribution in [0.4, 0.5) is 10.1 Å². The molecule has 0 atom stereocenters. The normalized spacial score (nSPS) is 15.3. The van der Waals surface area contributed by atoms with Crippen molar-refractivity contribution in [2.45, 2.75) is 13.5 Å². The fourth-order valence-corrected chi connectivity index (χ4v) is 3.68.